The monoisotopic (exact) mass is 570 g/mol. The highest BCUT2D eigenvalue weighted by Gasteiger charge is 2.26. The van der Waals surface area contributed by atoms with Gasteiger partial charge in [0.15, 0.2) is 11.5 Å². The lowest BCUT2D eigenvalue weighted by Crippen LogP contribution is -2.45. The number of urea groups is 1. The summed E-state index contributed by atoms with van der Waals surface area (Å²) in [6.07, 6.45) is 2.34. The van der Waals surface area contributed by atoms with Crippen molar-refractivity contribution in [2.75, 3.05) is 41.0 Å². The van der Waals surface area contributed by atoms with Gasteiger partial charge in [-0.05, 0) is 67.2 Å². The molecule has 0 saturated carbocycles. The summed E-state index contributed by atoms with van der Waals surface area (Å²) in [5, 5.41) is 6.52. The number of piperidine rings is 1. The Bertz CT molecular complexity index is 1500. The minimum Gasteiger partial charge on any atom is -0.493 e. The van der Waals surface area contributed by atoms with Crippen molar-refractivity contribution in [3.05, 3.63) is 77.9 Å². The number of nitrogens with one attached hydrogen (secondary N) is 3. The molecule has 1 aliphatic rings. The van der Waals surface area contributed by atoms with Crippen molar-refractivity contribution >= 4 is 22.8 Å². The number of hydrogen-bond donors (Lipinski definition) is 3. The van der Waals surface area contributed by atoms with Gasteiger partial charge in [-0.25, -0.2) is 4.79 Å². The van der Waals surface area contributed by atoms with Gasteiger partial charge in [-0.1, -0.05) is 48.5 Å². The fourth-order valence-corrected chi connectivity index (χ4v) is 5.68. The van der Waals surface area contributed by atoms with Crippen LogP contribution in [-0.2, 0) is 17.8 Å². The number of carbonyl (C=O) groups is 2. The first-order valence-corrected chi connectivity index (χ1v) is 14.3. The van der Waals surface area contributed by atoms with Gasteiger partial charge in [0.25, 0.3) is 0 Å². The van der Waals surface area contributed by atoms with Gasteiger partial charge in [0.05, 0.1) is 21.3 Å². The van der Waals surface area contributed by atoms with Crippen molar-refractivity contribution in [1.29, 1.82) is 0 Å². The number of likely N-dealkylation sites (tertiary alicyclic amines) is 1. The molecular formula is C33H38N4O5. The topological polar surface area (TPSA) is 105 Å². The summed E-state index contributed by atoms with van der Waals surface area (Å²) in [6, 6.07) is 21.9. The van der Waals surface area contributed by atoms with Crippen LogP contribution in [0.2, 0.25) is 0 Å². The van der Waals surface area contributed by atoms with Gasteiger partial charge in [0, 0.05) is 35.6 Å². The molecule has 1 aliphatic heterocycles. The van der Waals surface area contributed by atoms with Crippen LogP contribution in [0.4, 0.5) is 4.79 Å². The molecule has 1 fully saturated rings. The summed E-state index contributed by atoms with van der Waals surface area (Å²) in [4.78, 5) is 31.4. The first kappa shape index (κ1) is 29.0. The smallest absolute Gasteiger partial charge is 0.321 e. The van der Waals surface area contributed by atoms with Crippen molar-refractivity contribution < 1.29 is 23.8 Å². The van der Waals surface area contributed by atoms with E-state index < -0.39 is 6.03 Å². The molecule has 1 aromatic heterocycles. The van der Waals surface area contributed by atoms with Crippen molar-refractivity contribution in [3.8, 4) is 28.5 Å². The second-order valence-corrected chi connectivity index (χ2v) is 10.5. The van der Waals surface area contributed by atoms with Crippen LogP contribution < -0.4 is 24.8 Å². The molecule has 1 saturated heterocycles. The Balaban J connectivity index is 1.12. The maximum atomic E-state index is 12.9. The molecule has 5 rings (SSSR count). The number of aromatic amines is 1. The van der Waals surface area contributed by atoms with Gasteiger partial charge in [-0.15, -0.1) is 0 Å². The summed E-state index contributed by atoms with van der Waals surface area (Å²) in [5.74, 6) is 1.05. The molecule has 3 aromatic carbocycles. The second kappa shape index (κ2) is 13.4. The standard InChI is InChI=1S/C33H38N4O5/c1-40-28-19-22(20-29(41-2)31(28)42-3)21-34-33(39)36-32(38)24-13-16-37(17-14-24)18-15-26-25-11-7-8-12-27(25)35-30(26)23-9-5-4-6-10-23/h4-12,19-20,24,35H,13-18,21H2,1-3H3,(H2,34,36,38,39). The van der Waals surface area contributed by atoms with E-state index in [1.54, 1.807) is 12.1 Å². The maximum absolute atomic E-state index is 12.9. The van der Waals surface area contributed by atoms with Gasteiger partial charge < -0.3 is 29.4 Å². The predicted octanol–water partition coefficient (Wildman–Crippen LogP) is 5.14. The van der Waals surface area contributed by atoms with E-state index in [2.05, 4.69) is 69.0 Å². The van der Waals surface area contributed by atoms with E-state index in [9.17, 15) is 9.59 Å². The minimum atomic E-state index is -0.524. The van der Waals surface area contributed by atoms with Gasteiger partial charge in [-0.2, -0.15) is 0 Å². The number of amides is 3. The molecule has 0 radical (unpaired) electrons. The lowest BCUT2D eigenvalue weighted by Gasteiger charge is -2.31. The number of ether oxygens (including phenoxy) is 3. The van der Waals surface area contributed by atoms with Gasteiger partial charge >= 0.3 is 6.03 Å². The van der Waals surface area contributed by atoms with E-state index in [4.69, 9.17) is 14.2 Å². The summed E-state index contributed by atoms with van der Waals surface area (Å²) < 4.78 is 16.1. The zero-order valence-corrected chi connectivity index (χ0v) is 24.4. The Morgan fingerprint density at radius 3 is 2.24 bits per heavy atom. The zero-order valence-electron chi connectivity index (χ0n) is 24.4. The van der Waals surface area contributed by atoms with Crippen LogP contribution in [0.25, 0.3) is 22.2 Å². The molecule has 0 unspecified atom stereocenters. The second-order valence-electron chi connectivity index (χ2n) is 10.5. The first-order chi connectivity index (χ1) is 20.5. The maximum Gasteiger partial charge on any atom is 0.321 e. The normalized spacial score (nSPS) is 14.0. The molecule has 0 spiro atoms. The van der Waals surface area contributed by atoms with Crippen molar-refractivity contribution in [3.63, 3.8) is 0 Å². The number of aromatic nitrogens is 1. The molecule has 9 heteroatoms. The molecule has 2 heterocycles. The SMILES string of the molecule is COc1cc(CNC(=O)NC(=O)C2CCN(CCc3c(-c4ccccc4)[nH]c4ccccc34)CC2)cc(OC)c1OC. The highest BCUT2D eigenvalue weighted by Crippen LogP contribution is 2.38. The van der Waals surface area contributed by atoms with Crippen LogP contribution in [0.15, 0.2) is 66.7 Å². The lowest BCUT2D eigenvalue weighted by molar-refractivity contribution is -0.125. The Hall–Kier alpha value is -4.50. The summed E-state index contributed by atoms with van der Waals surface area (Å²) >= 11 is 0. The third-order valence-electron chi connectivity index (χ3n) is 7.93. The van der Waals surface area contributed by atoms with Crippen LogP contribution in [0.1, 0.15) is 24.0 Å². The number of nitrogens with zero attached hydrogens (tertiary/aromatic N) is 1. The number of carbonyl (C=O) groups excluding carboxylic acids is 2. The number of para-hydroxylation sites is 1. The van der Waals surface area contributed by atoms with E-state index in [-0.39, 0.29) is 18.4 Å². The average Bonchev–Trinajstić information content (AvgIpc) is 3.41. The van der Waals surface area contributed by atoms with Crippen LogP contribution in [-0.4, -0.2) is 62.8 Å². The van der Waals surface area contributed by atoms with E-state index in [1.807, 2.05) is 6.07 Å². The molecule has 0 aliphatic carbocycles. The van der Waals surface area contributed by atoms with E-state index in [0.717, 1.165) is 37.1 Å². The number of imide groups is 1. The molecule has 220 valence electrons. The number of H-pyrrole nitrogens is 1. The van der Waals surface area contributed by atoms with E-state index in [0.29, 0.717) is 30.1 Å². The minimum absolute atomic E-state index is 0.193. The Morgan fingerprint density at radius 2 is 1.57 bits per heavy atom. The quantitative estimate of drug-likeness (QED) is 0.244. The predicted molar refractivity (Wildman–Crippen MR) is 163 cm³/mol. The highest BCUT2D eigenvalue weighted by atomic mass is 16.5. The summed E-state index contributed by atoms with van der Waals surface area (Å²) in [5.41, 5.74) is 5.57. The zero-order chi connectivity index (χ0) is 29.5. The summed E-state index contributed by atoms with van der Waals surface area (Å²) in [7, 11) is 4.61. The Kier molecular flexibility index (Phi) is 9.28. The molecule has 3 N–H and O–H groups in total. The number of methoxy groups -OCH3 is 3. The lowest BCUT2D eigenvalue weighted by atomic mass is 9.95. The van der Waals surface area contributed by atoms with E-state index >= 15 is 0 Å². The van der Waals surface area contributed by atoms with Crippen LogP contribution in [0.5, 0.6) is 17.2 Å². The van der Waals surface area contributed by atoms with Crippen LogP contribution >= 0.6 is 0 Å². The van der Waals surface area contributed by atoms with Crippen LogP contribution in [0.3, 0.4) is 0 Å². The van der Waals surface area contributed by atoms with Crippen molar-refractivity contribution in [1.82, 2.24) is 20.5 Å². The third-order valence-corrected chi connectivity index (χ3v) is 7.93. The molecule has 4 aromatic rings. The molecular weight excluding hydrogens is 532 g/mol. The first-order valence-electron chi connectivity index (χ1n) is 14.3. The fraction of sp³-hybridized carbons (Fsp3) is 0.333. The Morgan fingerprint density at radius 1 is 0.905 bits per heavy atom. The third kappa shape index (κ3) is 6.52. The molecule has 42 heavy (non-hydrogen) atoms. The van der Waals surface area contributed by atoms with Gasteiger partial charge in [0.2, 0.25) is 11.7 Å². The van der Waals surface area contributed by atoms with E-state index in [1.165, 1.54) is 43.5 Å². The molecule has 0 bridgehead atoms. The highest BCUT2D eigenvalue weighted by molar-refractivity contribution is 5.95. The van der Waals surface area contributed by atoms with Gasteiger partial charge in [0.1, 0.15) is 0 Å². The fourth-order valence-electron chi connectivity index (χ4n) is 5.68. The Labute approximate surface area is 246 Å². The number of rotatable bonds is 10. The molecule has 9 nitrogen and oxygen atoms in total. The molecule has 3 amide bonds. The largest absolute Gasteiger partial charge is 0.493 e. The number of hydrogen-bond acceptors (Lipinski definition) is 6. The molecule has 0 atom stereocenters. The number of fused-ring (bicyclic) bond motifs is 1. The van der Waals surface area contributed by atoms with Crippen LogP contribution in [0, 0.1) is 5.92 Å². The van der Waals surface area contributed by atoms with Crippen molar-refractivity contribution in [2.24, 2.45) is 5.92 Å². The van der Waals surface area contributed by atoms with Gasteiger partial charge in [-0.3, -0.25) is 10.1 Å². The number of benzene rings is 3. The summed E-state index contributed by atoms with van der Waals surface area (Å²) in [6.45, 7) is 2.74. The average molecular weight is 571 g/mol. The van der Waals surface area contributed by atoms with Crippen molar-refractivity contribution in [2.45, 2.75) is 25.8 Å².